The second kappa shape index (κ2) is 5.63. The van der Waals surface area contributed by atoms with E-state index < -0.39 is 0 Å². The van der Waals surface area contributed by atoms with Crippen molar-refractivity contribution in [3.05, 3.63) is 17.0 Å². The Hall–Kier alpha value is -0.870. The van der Waals surface area contributed by atoms with Crippen LogP contribution in [0.5, 0.6) is 0 Å². The summed E-state index contributed by atoms with van der Waals surface area (Å²) >= 11 is 5.92. The van der Waals surface area contributed by atoms with Gasteiger partial charge in [0.05, 0.1) is 0 Å². The molecule has 3 heterocycles. The molecule has 5 heteroatoms. The van der Waals surface area contributed by atoms with Crippen LogP contribution in [0.15, 0.2) is 6.20 Å². The molecule has 2 aliphatic rings. The SMILES string of the molecule is Cc1cnc(Cl)nc1N1CCC(N2CCCCC2)C1. The average Bonchev–Trinajstić information content (AvgIpc) is 2.92. The monoisotopic (exact) mass is 280 g/mol. The maximum atomic E-state index is 5.92. The smallest absolute Gasteiger partial charge is 0.224 e. The van der Waals surface area contributed by atoms with Crippen LogP contribution in [-0.2, 0) is 0 Å². The van der Waals surface area contributed by atoms with Crippen molar-refractivity contribution in [1.82, 2.24) is 14.9 Å². The van der Waals surface area contributed by atoms with Gasteiger partial charge in [-0.3, -0.25) is 4.90 Å². The number of rotatable bonds is 2. The lowest BCUT2D eigenvalue weighted by Crippen LogP contribution is -2.41. The van der Waals surface area contributed by atoms with Crippen LogP contribution in [0.2, 0.25) is 5.28 Å². The summed E-state index contributed by atoms with van der Waals surface area (Å²) in [6.45, 7) is 6.74. The van der Waals surface area contributed by atoms with Gasteiger partial charge >= 0.3 is 0 Å². The molecule has 2 fully saturated rings. The van der Waals surface area contributed by atoms with Gasteiger partial charge in [0.2, 0.25) is 5.28 Å². The van der Waals surface area contributed by atoms with Gasteiger partial charge in [-0.05, 0) is 50.9 Å². The summed E-state index contributed by atoms with van der Waals surface area (Å²) in [6, 6.07) is 0.688. The zero-order valence-corrected chi connectivity index (χ0v) is 12.2. The van der Waals surface area contributed by atoms with E-state index >= 15 is 0 Å². The molecule has 104 valence electrons. The summed E-state index contributed by atoms with van der Waals surface area (Å²) < 4.78 is 0. The fraction of sp³-hybridized carbons (Fsp3) is 0.714. The van der Waals surface area contributed by atoms with Crippen molar-refractivity contribution in [2.45, 2.75) is 38.6 Å². The number of nitrogens with zero attached hydrogens (tertiary/aromatic N) is 4. The molecule has 1 atom stereocenters. The Morgan fingerprint density at radius 3 is 2.79 bits per heavy atom. The molecule has 0 radical (unpaired) electrons. The summed E-state index contributed by atoms with van der Waals surface area (Å²) in [5, 5.41) is 0.349. The minimum atomic E-state index is 0.349. The molecule has 19 heavy (non-hydrogen) atoms. The maximum absolute atomic E-state index is 5.92. The third-order valence-corrected chi connectivity index (χ3v) is 4.47. The van der Waals surface area contributed by atoms with Crippen LogP contribution >= 0.6 is 11.6 Å². The molecule has 0 bridgehead atoms. The van der Waals surface area contributed by atoms with Crippen LogP contribution in [0.4, 0.5) is 5.82 Å². The van der Waals surface area contributed by atoms with Crippen molar-refractivity contribution in [1.29, 1.82) is 0 Å². The number of aromatic nitrogens is 2. The Labute approximate surface area is 119 Å². The molecule has 0 aliphatic carbocycles. The lowest BCUT2D eigenvalue weighted by atomic mass is 10.1. The molecular formula is C14H21ClN4. The second-order valence-electron chi connectivity index (χ2n) is 5.63. The number of hydrogen-bond donors (Lipinski definition) is 0. The normalized spacial score (nSPS) is 24.9. The van der Waals surface area contributed by atoms with E-state index in [4.69, 9.17) is 11.6 Å². The highest BCUT2D eigenvalue weighted by molar-refractivity contribution is 6.28. The zero-order chi connectivity index (χ0) is 13.2. The minimum Gasteiger partial charge on any atom is -0.355 e. The molecule has 1 unspecified atom stereocenters. The van der Waals surface area contributed by atoms with Crippen LogP contribution in [0.3, 0.4) is 0 Å². The van der Waals surface area contributed by atoms with E-state index in [2.05, 4.69) is 26.7 Å². The summed E-state index contributed by atoms with van der Waals surface area (Å²) in [4.78, 5) is 13.5. The molecule has 0 amide bonds. The highest BCUT2D eigenvalue weighted by atomic mass is 35.5. The van der Waals surface area contributed by atoms with Crippen LogP contribution in [0.25, 0.3) is 0 Å². The Morgan fingerprint density at radius 2 is 2.00 bits per heavy atom. The molecular weight excluding hydrogens is 260 g/mol. The zero-order valence-electron chi connectivity index (χ0n) is 11.5. The van der Waals surface area contributed by atoms with Gasteiger partial charge in [0.15, 0.2) is 0 Å². The van der Waals surface area contributed by atoms with Crippen molar-refractivity contribution in [3.63, 3.8) is 0 Å². The third-order valence-electron chi connectivity index (χ3n) is 4.29. The van der Waals surface area contributed by atoms with Crippen LogP contribution in [0, 0.1) is 6.92 Å². The lowest BCUT2D eigenvalue weighted by Gasteiger charge is -2.32. The van der Waals surface area contributed by atoms with Gasteiger partial charge in [-0.2, -0.15) is 0 Å². The molecule has 4 nitrogen and oxygen atoms in total. The second-order valence-corrected chi connectivity index (χ2v) is 5.97. The van der Waals surface area contributed by atoms with E-state index in [1.165, 1.54) is 38.8 Å². The first kappa shape index (κ1) is 13.1. The lowest BCUT2D eigenvalue weighted by molar-refractivity contribution is 0.175. The minimum absolute atomic E-state index is 0.349. The average molecular weight is 281 g/mol. The Kier molecular flexibility index (Phi) is 3.89. The van der Waals surface area contributed by atoms with E-state index in [0.717, 1.165) is 24.5 Å². The Balaban J connectivity index is 1.69. The van der Waals surface area contributed by atoms with Crippen molar-refractivity contribution in [2.75, 3.05) is 31.1 Å². The van der Waals surface area contributed by atoms with Crippen molar-refractivity contribution in [2.24, 2.45) is 0 Å². The van der Waals surface area contributed by atoms with Crippen LogP contribution in [-0.4, -0.2) is 47.1 Å². The van der Waals surface area contributed by atoms with Crippen molar-refractivity contribution < 1.29 is 0 Å². The number of aryl methyl sites for hydroxylation is 1. The number of halogens is 1. The highest BCUT2D eigenvalue weighted by Gasteiger charge is 2.29. The fourth-order valence-electron chi connectivity index (χ4n) is 3.25. The van der Waals surface area contributed by atoms with Gasteiger partial charge in [0.25, 0.3) is 0 Å². The van der Waals surface area contributed by atoms with Gasteiger partial charge in [-0.25, -0.2) is 9.97 Å². The van der Waals surface area contributed by atoms with E-state index in [1.807, 2.05) is 6.20 Å². The standard InChI is InChI=1S/C14H21ClN4/c1-11-9-16-14(15)17-13(11)19-8-5-12(10-19)18-6-3-2-4-7-18/h9,12H,2-8,10H2,1H3. The molecule has 2 aliphatic heterocycles. The van der Waals surface area contributed by atoms with Crippen molar-refractivity contribution >= 4 is 17.4 Å². The summed E-state index contributed by atoms with van der Waals surface area (Å²) in [6.07, 6.45) is 7.16. The molecule has 0 aromatic carbocycles. The van der Waals surface area contributed by atoms with E-state index in [0.29, 0.717) is 11.3 Å². The molecule has 0 saturated carbocycles. The number of hydrogen-bond acceptors (Lipinski definition) is 4. The van der Waals surface area contributed by atoms with E-state index in [9.17, 15) is 0 Å². The first-order valence-corrected chi connectivity index (χ1v) is 7.60. The van der Waals surface area contributed by atoms with Gasteiger partial charge in [0, 0.05) is 30.9 Å². The molecule has 3 rings (SSSR count). The van der Waals surface area contributed by atoms with E-state index in [-0.39, 0.29) is 0 Å². The maximum Gasteiger partial charge on any atom is 0.224 e. The fourth-order valence-corrected chi connectivity index (χ4v) is 3.38. The predicted molar refractivity (Wildman–Crippen MR) is 77.8 cm³/mol. The van der Waals surface area contributed by atoms with Gasteiger partial charge in [0.1, 0.15) is 5.82 Å². The van der Waals surface area contributed by atoms with Crippen LogP contribution < -0.4 is 4.90 Å². The Morgan fingerprint density at radius 1 is 1.21 bits per heavy atom. The Bertz CT molecular complexity index is 445. The largest absolute Gasteiger partial charge is 0.355 e. The summed E-state index contributed by atoms with van der Waals surface area (Å²) in [5.74, 6) is 1.01. The molecule has 0 spiro atoms. The predicted octanol–water partition coefficient (Wildman–Crippen LogP) is 2.50. The van der Waals surface area contributed by atoms with Gasteiger partial charge in [-0.1, -0.05) is 6.42 Å². The quantitative estimate of drug-likeness (QED) is 0.779. The first-order valence-electron chi connectivity index (χ1n) is 7.22. The number of piperidine rings is 1. The highest BCUT2D eigenvalue weighted by Crippen LogP contribution is 2.26. The molecule has 1 aromatic heterocycles. The van der Waals surface area contributed by atoms with E-state index in [1.54, 1.807) is 0 Å². The molecule has 2 saturated heterocycles. The topological polar surface area (TPSA) is 32.3 Å². The summed E-state index contributed by atoms with van der Waals surface area (Å²) in [7, 11) is 0. The van der Waals surface area contributed by atoms with Crippen LogP contribution in [0.1, 0.15) is 31.2 Å². The summed E-state index contributed by atoms with van der Waals surface area (Å²) in [5.41, 5.74) is 1.11. The third kappa shape index (κ3) is 2.84. The number of likely N-dealkylation sites (tertiary alicyclic amines) is 1. The molecule has 0 N–H and O–H groups in total. The molecule has 1 aromatic rings. The number of anilines is 1. The van der Waals surface area contributed by atoms with Gasteiger partial charge < -0.3 is 4.90 Å². The van der Waals surface area contributed by atoms with Crippen molar-refractivity contribution in [3.8, 4) is 0 Å². The first-order chi connectivity index (χ1) is 9.24. The van der Waals surface area contributed by atoms with Gasteiger partial charge in [-0.15, -0.1) is 0 Å².